The van der Waals surface area contributed by atoms with Crippen LogP contribution in [0.3, 0.4) is 0 Å². The molecule has 0 aliphatic rings. The molecule has 0 radical (unpaired) electrons. The Morgan fingerprint density at radius 3 is 1.87 bits per heavy atom. The summed E-state index contributed by atoms with van der Waals surface area (Å²) in [6.07, 6.45) is -0.551. The normalized spacial score (nSPS) is 11.7. The van der Waals surface area contributed by atoms with Crippen LogP contribution in [0.25, 0.3) is 0 Å². The number of nitrogens with one attached hydrogen (secondary N) is 3. The maximum Gasteiger partial charge on any atom is 0.414 e. The van der Waals surface area contributed by atoms with Crippen molar-refractivity contribution >= 4 is 30.1 Å². The number of ether oxygens (including phenoxy) is 1. The van der Waals surface area contributed by atoms with E-state index in [4.69, 9.17) is 17.0 Å². The first-order valence-corrected chi connectivity index (χ1v) is 13.8. The minimum atomic E-state index is -0.551. The number of hydrogen-bond acceptors (Lipinski definition) is 6. The van der Waals surface area contributed by atoms with Crippen LogP contribution in [0.4, 0.5) is 4.79 Å². The van der Waals surface area contributed by atoms with E-state index in [1.54, 1.807) is 0 Å². The fourth-order valence-electron chi connectivity index (χ4n) is 4.23. The third-order valence-corrected chi connectivity index (χ3v) is 6.81. The molecule has 6 nitrogen and oxygen atoms in total. The average Bonchev–Trinajstić information content (AvgIpc) is 2.89. The number of thioether (sulfide) groups is 1. The van der Waals surface area contributed by atoms with Crippen LogP contribution < -0.4 is 15.4 Å². The van der Waals surface area contributed by atoms with E-state index in [-0.39, 0.29) is 5.88 Å². The van der Waals surface area contributed by atoms with Crippen molar-refractivity contribution in [1.29, 1.82) is 0 Å². The summed E-state index contributed by atoms with van der Waals surface area (Å²) in [6.45, 7) is 6.33. The van der Waals surface area contributed by atoms with Gasteiger partial charge in [0.05, 0.1) is 5.54 Å². The Labute approximate surface area is 233 Å². The molecule has 3 N–H and O–H groups in total. The van der Waals surface area contributed by atoms with Gasteiger partial charge in [0.15, 0.2) is 5.16 Å². The van der Waals surface area contributed by atoms with Crippen LogP contribution in [0.1, 0.15) is 37.5 Å². The number of carbonyl (C=O) groups excluding carboxylic acids is 1. The molecule has 4 aromatic rings. The number of nitrogens with zero attached hydrogens (tertiary/aromatic N) is 1. The standard InChI is InChI=1S/C30H32N4O2S2/c1-29(2,3)34-28(35)36-25-21-26(37)33-27(32-25)38-20-19-31-30(22-13-7-4-8-14-22,23-15-9-5-10-16-23)24-17-11-6-12-18-24/h4-18,21,31H,19-20H2,1-3H3,(H,34,35)(H,32,33,37). The van der Waals surface area contributed by atoms with Crippen LogP contribution in [-0.2, 0) is 5.54 Å². The minimum absolute atomic E-state index is 0.259. The zero-order valence-electron chi connectivity index (χ0n) is 21.7. The van der Waals surface area contributed by atoms with Gasteiger partial charge in [0.25, 0.3) is 0 Å². The van der Waals surface area contributed by atoms with Gasteiger partial charge in [-0.15, -0.1) is 0 Å². The lowest BCUT2D eigenvalue weighted by Gasteiger charge is -2.37. The Morgan fingerprint density at radius 2 is 1.39 bits per heavy atom. The first kappa shape index (κ1) is 27.6. The SMILES string of the molecule is CC(C)(C)NC(=O)Oc1cc(=S)nc(SCCNC(c2ccccc2)(c2ccccc2)c2ccccc2)[nH]1. The van der Waals surface area contributed by atoms with E-state index in [1.807, 2.05) is 39.0 Å². The number of amides is 1. The average molecular weight is 545 g/mol. The van der Waals surface area contributed by atoms with Crippen molar-refractivity contribution in [1.82, 2.24) is 20.6 Å². The largest absolute Gasteiger partial charge is 0.414 e. The van der Waals surface area contributed by atoms with Crippen molar-refractivity contribution in [3.8, 4) is 5.88 Å². The summed E-state index contributed by atoms with van der Waals surface area (Å²) < 4.78 is 5.76. The zero-order valence-corrected chi connectivity index (χ0v) is 23.4. The van der Waals surface area contributed by atoms with Gasteiger partial charge in [-0.1, -0.05) is 115 Å². The highest BCUT2D eigenvalue weighted by atomic mass is 32.2. The fourth-order valence-corrected chi connectivity index (χ4v) is 5.21. The van der Waals surface area contributed by atoms with Gasteiger partial charge in [-0.3, -0.25) is 5.32 Å². The monoisotopic (exact) mass is 544 g/mol. The summed E-state index contributed by atoms with van der Waals surface area (Å²) in [5.74, 6) is 0.957. The molecule has 196 valence electrons. The molecule has 0 saturated carbocycles. The Kier molecular flexibility index (Phi) is 8.99. The number of aromatic amines is 1. The number of hydrogen-bond donors (Lipinski definition) is 3. The summed E-state index contributed by atoms with van der Waals surface area (Å²) in [5, 5.41) is 7.21. The highest BCUT2D eigenvalue weighted by Gasteiger charge is 2.35. The van der Waals surface area contributed by atoms with Crippen LogP contribution in [0.15, 0.2) is 102 Å². The molecule has 1 amide bonds. The van der Waals surface area contributed by atoms with Gasteiger partial charge in [0.1, 0.15) is 4.64 Å². The van der Waals surface area contributed by atoms with Crippen LogP contribution in [0.2, 0.25) is 0 Å². The van der Waals surface area contributed by atoms with E-state index in [9.17, 15) is 4.79 Å². The van der Waals surface area contributed by atoms with Crippen molar-refractivity contribution in [3.05, 3.63) is 118 Å². The summed E-state index contributed by atoms with van der Waals surface area (Å²) in [5.41, 5.74) is 2.51. The van der Waals surface area contributed by atoms with Gasteiger partial charge in [-0.2, -0.15) is 0 Å². The van der Waals surface area contributed by atoms with E-state index in [1.165, 1.54) is 17.8 Å². The third-order valence-electron chi connectivity index (χ3n) is 5.73. The van der Waals surface area contributed by atoms with Crippen molar-refractivity contribution in [2.45, 2.75) is 37.0 Å². The van der Waals surface area contributed by atoms with Crippen molar-refractivity contribution in [3.63, 3.8) is 0 Å². The first-order valence-electron chi connectivity index (χ1n) is 12.4. The second kappa shape index (κ2) is 12.4. The van der Waals surface area contributed by atoms with Crippen LogP contribution >= 0.6 is 24.0 Å². The number of H-pyrrole nitrogens is 1. The maximum atomic E-state index is 12.2. The fraction of sp³-hybridized carbons (Fsp3) is 0.233. The lowest BCUT2D eigenvalue weighted by Crippen LogP contribution is -2.45. The Hall–Kier alpha value is -3.46. The number of benzene rings is 3. The molecule has 8 heteroatoms. The molecule has 0 fully saturated rings. The maximum absolute atomic E-state index is 12.2. The molecule has 38 heavy (non-hydrogen) atoms. The molecular weight excluding hydrogens is 512 g/mol. The molecule has 0 spiro atoms. The molecule has 1 aromatic heterocycles. The van der Waals surface area contributed by atoms with E-state index < -0.39 is 17.2 Å². The van der Waals surface area contributed by atoms with Gasteiger partial charge in [0, 0.05) is 23.9 Å². The minimum Gasteiger partial charge on any atom is -0.393 e. The lowest BCUT2D eigenvalue weighted by molar-refractivity contribution is 0.188. The smallest absolute Gasteiger partial charge is 0.393 e. The van der Waals surface area contributed by atoms with E-state index in [0.29, 0.717) is 22.1 Å². The van der Waals surface area contributed by atoms with E-state index in [2.05, 4.69) is 93.4 Å². The number of carbonyl (C=O) groups is 1. The lowest BCUT2D eigenvalue weighted by atomic mass is 9.77. The van der Waals surface area contributed by atoms with E-state index >= 15 is 0 Å². The molecule has 4 rings (SSSR count). The Morgan fingerprint density at radius 1 is 0.895 bits per heavy atom. The topological polar surface area (TPSA) is 79.0 Å². The van der Waals surface area contributed by atoms with Gasteiger partial charge >= 0.3 is 6.09 Å². The molecule has 1 heterocycles. The molecule has 0 bridgehead atoms. The zero-order chi connectivity index (χ0) is 27.0. The first-order chi connectivity index (χ1) is 18.3. The van der Waals surface area contributed by atoms with Crippen LogP contribution in [0.5, 0.6) is 5.88 Å². The third kappa shape index (κ3) is 7.10. The second-order valence-electron chi connectivity index (χ2n) is 9.78. The molecule has 0 aliphatic heterocycles. The quantitative estimate of drug-likeness (QED) is 0.0715. The van der Waals surface area contributed by atoms with Gasteiger partial charge in [-0.05, 0) is 37.5 Å². The molecular formula is C30H32N4O2S2. The molecule has 0 saturated heterocycles. The molecule has 3 aromatic carbocycles. The summed E-state index contributed by atoms with van der Waals surface area (Å²) in [6, 6.07) is 33.0. The van der Waals surface area contributed by atoms with Crippen LogP contribution in [-0.4, -0.2) is 33.9 Å². The van der Waals surface area contributed by atoms with Crippen molar-refractivity contribution in [2.24, 2.45) is 0 Å². The van der Waals surface area contributed by atoms with Crippen LogP contribution in [0, 0.1) is 4.64 Å². The predicted octanol–water partition coefficient (Wildman–Crippen LogP) is 6.70. The summed E-state index contributed by atoms with van der Waals surface area (Å²) in [7, 11) is 0. The Bertz CT molecular complexity index is 1290. The molecule has 0 aliphatic carbocycles. The van der Waals surface area contributed by atoms with Crippen molar-refractivity contribution in [2.75, 3.05) is 12.3 Å². The van der Waals surface area contributed by atoms with Gasteiger partial charge in [-0.25, -0.2) is 9.78 Å². The predicted molar refractivity (Wildman–Crippen MR) is 156 cm³/mol. The van der Waals surface area contributed by atoms with Gasteiger partial charge in [0.2, 0.25) is 5.88 Å². The summed E-state index contributed by atoms with van der Waals surface area (Å²) in [4.78, 5) is 19.7. The highest BCUT2D eigenvalue weighted by Crippen LogP contribution is 2.36. The van der Waals surface area contributed by atoms with Gasteiger partial charge < -0.3 is 15.0 Å². The molecule has 0 atom stereocenters. The van der Waals surface area contributed by atoms with Crippen molar-refractivity contribution < 1.29 is 9.53 Å². The van der Waals surface area contributed by atoms with E-state index in [0.717, 1.165) is 16.7 Å². The Balaban J connectivity index is 1.55. The highest BCUT2D eigenvalue weighted by molar-refractivity contribution is 7.99. The number of aromatic nitrogens is 2. The second-order valence-corrected chi connectivity index (χ2v) is 11.3. The molecule has 0 unspecified atom stereocenters. The number of rotatable bonds is 9. The summed E-state index contributed by atoms with van der Waals surface area (Å²) >= 11 is 6.82.